The SMILES string of the molecule is C#CC#CC#CC#CC#CC#CC#CC#CC#CC#CC#CC#CC#CC#CC#CC#CC#CC#CC#CC#CC#CC.CC(=O)O.CC(=O)O.CC(C)(C)c1ccnc(-c2[c-]c(Oc3[c-]c4c(cc3)c3ccccc3n3ccnc43)ccc2)c1.CC(C)(C)c1ccnc(-c2cccc(Oc3ccc4c5ccccc5n5ccnc5c4c3)c2)c1.[Pd+2].[Pd]. The van der Waals surface area contributed by atoms with Crippen LogP contribution in [-0.2, 0) is 61.3 Å². The molecule has 12 rings (SSSR count). The molecule has 2 N–H and O–H groups in total. The number of para-hydroxylation sites is 2. The molecule has 6 heterocycles. The Hall–Kier alpha value is -17.3. The van der Waals surface area contributed by atoms with E-state index in [4.69, 9.17) is 35.7 Å². The number of aromatic nitrogens is 6. The van der Waals surface area contributed by atoms with Gasteiger partial charge in [-0.2, -0.15) is 0 Å². The molecule has 0 unspecified atom stereocenters. The second-order valence-electron chi connectivity index (χ2n) is 25.4. The summed E-state index contributed by atoms with van der Waals surface area (Å²) in [6.45, 7) is 17.1. The summed E-state index contributed by atoms with van der Waals surface area (Å²) in [4.78, 5) is 36.4. The van der Waals surface area contributed by atoms with Crippen LogP contribution in [0.15, 0.2) is 183 Å². The van der Waals surface area contributed by atoms with Crippen LogP contribution in [0.3, 0.4) is 0 Å². The molecule has 0 spiro atoms. The van der Waals surface area contributed by atoms with Crippen LogP contribution in [0.4, 0.5) is 0 Å². The number of benzene rings is 6. The predicted octanol–water partition coefficient (Wildman–Crippen LogP) is 16.1. The van der Waals surface area contributed by atoms with E-state index in [-0.39, 0.29) is 51.7 Å². The molecule has 0 fully saturated rings. The molecule has 0 saturated heterocycles. The van der Waals surface area contributed by atoms with E-state index in [1.165, 1.54) is 21.9 Å². The Kier molecular flexibility index (Phi) is 38.2. The zero-order valence-electron chi connectivity index (χ0n) is 66.2. The van der Waals surface area contributed by atoms with Gasteiger partial charge in [0, 0.05) is 247 Å². The minimum Gasteiger partial charge on any atom is -0.497 e. The molecule has 0 aliphatic rings. The first-order valence-corrected chi connectivity index (χ1v) is 35.5. The molecule has 0 bridgehead atoms. The van der Waals surface area contributed by atoms with Gasteiger partial charge in [-0.25, -0.2) is 4.98 Å². The summed E-state index contributed by atoms with van der Waals surface area (Å²) in [5.41, 5.74) is 10.4. The summed E-state index contributed by atoms with van der Waals surface area (Å²) < 4.78 is 16.8. The number of imidazole rings is 2. The maximum Gasteiger partial charge on any atom is 2.00 e. The molecule has 121 heavy (non-hydrogen) atoms. The minimum atomic E-state index is -0.833. The molecule has 0 saturated carbocycles. The van der Waals surface area contributed by atoms with Crippen molar-refractivity contribution in [3.8, 4) is 295 Å². The average molecular weight is 1740 g/mol. The maximum absolute atomic E-state index is 9.00. The number of pyridine rings is 4. The van der Waals surface area contributed by atoms with E-state index in [2.05, 4.69) is 416 Å². The number of nitrogens with zero attached hydrogens (tertiary/aromatic N) is 6. The van der Waals surface area contributed by atoms with E-state index in [9.17, 15) is 0 Å². The molecule has 0 aliphatic carbocycles. The van der Waals surface area contributed by atoms with Crippen molar-refractivity contribution in [1.82, 2.24) is 28.7 Å². The first-order chi connectivity index (χ1) is 57.8. The molecular weight excluding hydrogens is 1680 g/mol. The van der Waals surface area contributed by atoms with Crippen LogP contribution in [0.1, 0.15) is 73.4 Å². The van der Waals surface area contributed by atoms with Gasteiger partial charge in [0.05, 0.1) is 16.9 Å². The van der Waals surface area contributed by atoms with Crippen molar-refractivity contribution in [2.45, 2.75) is 73.1 Å². The largest absolute Gasteiger partial charge is 2.00 e. The molecule has 14 heteroatoms. The average Bonchev–Trinajstić information content (AvgIpc) is 1.72. The van der Waals surface area contributed by atoms with Crippen molar-refractivity contribution in [3.05, 3.63) is 206 Å². The monoisotopic (exact) mass is 1740 g/mol. The van der Waals surface area contributed by atoms with Crippen molar-refractivity contribution < 1.29 is 70.1 Å². The van der Waals surface area contributed by atoms with Crippen LogP contribution in [0, 0.1) is 261 Å². The van der Waals surface area contributed by atoms with Gasteiger partial charge in [-0.15, -0.1) is 36.3 Å². The molecule has 6 aromatic heterocycles. The molecule has 0 amide bonds. The smallest absolute Gasteiger partial charge is 0.497 e. The van der Waals surface area contributed by atoms with Crippen LogP contribution in [0.25, 0.3) is 77.2 Å². The zero-order valence-corrected chi connectivity index (χ0v) is 69.4. The van der Waals surface area contributed by atoms with Gasteiger partial charge in [0.25, 0.3) is 11.9 Å². The second kappa shape index (κ2) is 50.0. The molecule has 0 aliphatic heterocycles. The van der Waals surface area contributed by atoms with Gasteiger partial charge < -0.3 is 29.1 Å². The summed E-state index contributed by atoms with van der Waals surface area (Å²) in [7, 11) is 0. The van der Waals surface area contributed by atoms with Gasteiger partial charge in [-0.05, 0) is 201 Å². The van der Waals surface area contributed by atoms with Gasteiger partial charge in [0.1, 0.15) is 17.1 Å². The van der Waals surface area contributed by atoms with Crippen LogP contribution >= 0.6 is 0 Å². The van der Waals surface area contributed by atoms with Gasteiger partial charge >= 0.3 is 20.4 Å². The van der Waals surface area contributed by atoms with Crippen LogP contribution in [0.5, 0.6) is 23.0 Å². The van der Waals surface area contributed by atoms with E-state index >= 15 is 0 Å². The fourth-order valence-corrected chi connectivity index (χ4v) is 10.1. The first-order valence-electron chi connectivity index (χ1n) is 35.5. The van der Waals surface area contributed by atoms with Gasteiger partial charge in [0.2, 0.25) is 0 Å². The third-order valence-electron chi connectivity index (χ3n) is 15.0. The van der Waals surface area contributed by atoms with Crippen LogP contribution in [0.2, 0.25) is 0 Å². The number of aliphatic carboxylic acids is 2. The van der Waals surface area contributed by atoms with Gasteiger partial charge in [0.15, 0.2) is 0 Å². The third-order valence-corrected chi connectivity index (χ3v) is 15.0. The Morgan fingerprint density at radius 3 is 1.21 bits per heavy atom. The van der Waals surface area contributed by atoms with E-state index < -0.39 is 11.9 Å². The molecular formula is C107H60N6O6Pd2. The quantitative estimate of drug-likeness (QED) is 0.0712. The Balaban J connectivity index is 0.000000268. The fourth-order valence-electron chi connectivity index (χ4n) is 10.1. The summed E-state index contributed by atoms with van der Waals surface area (Å²) in [5, 5.41) is 21.4. The predicted molar refractivity (Wildman–Crippen MR) is 472 cm³/mol. The number of hydrogen-bond donors (Lipinski definition) is 2. The van der Waals surface area contributed by atoms with Crippen molar-refractivity contribution >= 4 is 66.6 Å². The summed E-state index contributed by atoms with van der Waals surface area (Å²) in [6, 6.07) is 56.2. The minimum absolute atomic E-state index is 0. The molecule has 6 aromatic carbocycles. The molecule has 574 valence electrons. The maximum atomic E-state index is 9.00. The molecule has 12 aromatic rings. The number of rotatable bonds is 6. The van der Waals surface area contributed by atoms with E-state index in [1.54, 1.807) is 6.92 Å². The molecule has 0 radical (unpaired) electrons. The Labute approximate surface area is 733 Å². The molecule has 0 atom stereocenters. The summed E-state index contributed by atoms with van der Waals surface area (Å²) in [5.74, 6) is 103. The number of terminal acetylenes is 1. The van der Waals surface area contributed by atoms with Gasteiger partial charge in [-0.1, -0.05) is 131 Å². The first kappa shape index (κ1) is 92.5. The number of carbonyl (C=O) groups is 2. The van der Waals surface area contributed by atoms with E-state index in [0.29, 0.717) is 11.5 Å². The normalized spacial score (nSPS) is 8.53. The zero-order chi connectivity index (χ0) is 84.7. The number of fused-ring (bicyclic) bond motifs is 12. The number of carboxylic acid groups (broad SMARTS) is 2. The van der Waals surface area contributed by atoms with E-state index in [0.717, 1.165) is 91.7 Å². The number of hydrogen-bond acceptors (Lipinski definition) is 8. The fraction of sp³-hybridized carbons (Fsp3) is 0.103. The molecule has 12 nitrogen and oxygen atoms in total. The van der Waals surface area contributed by atoms with Crippen LogP contribution < -0.4 is 9.47 Å². The van der Waals surface area contributed by atoms with Crippen molar-refractivity contribution in [2.24, 2.45) is 0 Å². The Bertz CT molecular complexity index is 7230. The Morgan fingerprint density at radius 1 is 0.372 bits per heavy atom. The van der Waals surface area contributed by atoms with Crippen molar-refractivity contribution in [1.29, 1.82) is 0 Å². The standard InChI is InChI=1S/C43H4.C30H25N3O.C30H23N3O.2C2H4O2.2Pd/c1-3-5-7-9-11-13-15-17-19-21-23-25-27-29-31-33-35-37-39-41-43-42-40-38-36-34-32-30-28-26-24-22-20-18-16-14-12-10-8-6-4-2;2*1-30(2,3)21-13-14-31-27(18-21)20-7-6-8-22(17-20)34-23-11-12-24-25-9-4-5-10-28(25)33-16-15-32-29(33)26(24)19-23;2*1-2(3)4;;/h1H,2H3;4-19H,1-3H3;4-16,18H,1-3H3;2*1H3,(H,3,4);;/q;;-2;;;;+2. The van der Waals surface area contributed by atoms with Crippen LogP contribution in [-0.4, -0.2) is 50.9 Å². The second-order valence-corrected chi connectivity index (χ2v) is 25.4. The Morgan fingerprint density at radius 2 is 0.752 bits per heavy atom. The summed E-state index contributed by atoms with van der Waals surface area (Å²) >= 11 is 0. The number of ether oxygens (including phenoxy) is 2. The van der Waals surface area contributed by atoms with Crippen molar-refractivity contribution in [3.63, 3.8) is 0 Å². The summed E-state index contributed by atoms with van der Waals surface area (Å²) in [6.07, 6.45) is 16.3. The number of carboxylic acids is 2. The van der Waals surface area contributed by atoms with Gasteiger partial charge in [-0.3, -0.25) is 24.0 Å². The van der Waals surface area contributed by atoms with Crippen molar-refractivity contribution in [2.75, 3.05) is 0 Å². The topological polar surface area (TPSA) is 153 Å². The van der Waals surface area contributed by atoms with E-state index in [1.807, 2.05) is 91.8 Å². The third kappa shape index (κ3) is 31.2.